The lowest BCUT2D eigenvalue weighted by atomic mass is 10.2. The highest BCUT2D eigenvalue weighted by atomic mass is 79.9. The van der Waals surface area contributed by atoms with Gasteiger partial charge < -0.3 is 5.73 Å². The highest BCUT2D eigenvalue weighted by molar-refractivity contribution is 9.10. The highest BCUT2D eigenvalue weighted by Gasteiger charge is 2.19. The van der Waals surface area contributed by atoms with Crippen LogP contribution in [-0.2, 0) is 0 Å². The number of hydrogen-bond acceptors (Lipinski definition) is 5. The molecule has 0 radical (unpaired) electrons. The molecule has 118 valence electrons. The second kappa shape index (κ2) is 6.35. The molecule has 0 aliphatic rings. The molecule has 0 saturated heterocycles. The van der Waals surface area contributed by atoms with Gasteiger partial charge in [0.05, 0.1) is 11.4 Å². The largest absolute Gasteiger partial charge is 0.389 e. The summed E-state index contributed by atoms with van der Waals surface area (Å²) in [6.07, 6.45) is 2.01. The van der Waals surface area contributed by atoms with Crippen molar-refractivity contribution in [3.05, 3.63) is 46.0 Å². The number of halogens is 2. The van der Waals surface area contributed by atoms with Crippen LogP contribution in [0.15, 0.2) is 40.3 Å². The SMILES string of the molecule is Br.Cc1nc2sccn2c1-c1nc(-c2ccc(Br)cc2)sc1N. The van der Waals surface area contributed by atoms with Crippen LogP contribution in [0.5, 0.6) is 0 Å². The van der Waals surface area contributed by atoms with Crippen molar-refractivity contribution in [1.29, 1.82) is 0 Å². The molecule has 0 amide bonds. The van der Waals surface area contributed by atoms with E-state index in [-0.39, 0.29) is 17.0 Å². The molecule has 0 unspecified atom stereocenters. The van der Waals surface area contributed by atoms with E-state index in [1.54, 1.807) is 11.3 Å². The minimum absolute atomic E-state index is 0. The van der Waals surface area contributed by atoms with Crippen molar-refractivity contribution in [2.45, 2.75) is 6.92 Å². The summed E-state index contributed by atoms with van der Waals surface area (Å²) in [6.45, 7) is 1.99. The van der Waals surface area contributed by atoms with Gasteiger partial charge in [-0.15, -0.1) is 28.3 Å². The third-order valence-electron chi connectivity index (χ3n) is 3.41. The molecule has 0 saturated carbocycles. The monoisotopic (exact) mass is 470 g/mol. The number of hydrogen-bond donors (Lipinski definition) is 1. The fraction of sp³-hybridized carbons (Fsp3) is 0.0667. The second-order valence-corrected chi connectivity index (χ2v) is 7.66. The summed E-state index contributed by atoms with van der Waals surface area (Å²) >= 11 is 6.56. The zero-order valence-electron chi connectivity index (χ0n) is 12.0. The third kappa shape index (κ3) is 2.84. The van der Waals surface area contributed by atoms with Gasteiger partial charge in [0.25, 0.3) is 0 Å². The summed E-state index contributed by atoms with van der Waals surface area (Å²) in [7, 11) is 0. The van der Waals surface area contributed by atoms with Gasteiger partial charge in [0.1, 0.15) is 15.7 Å². The molecule has 4 aromatic rings. The van der Waals surface area contributed by atoms with Crippen molar-refractivity contribution in [2.75, 3.05) is 5.73 Å². The van der Waals surface area contributed by atoms with Gasteiger partial charge in [-0.05, 0) is 19.1 Å². The number of nitrogens with zero attached hydrogens (tertiary/aromatic N) is 3. The zero-order valence-corrected chi connectivity index (χ0v) is 16.9. The Morgan fingerprint density at radius 2 is 1.91 bits per heavy atom. The predicted octanol–water partition coefficient (Wildman–Crippen LogP) is 5.42. The minimum Gasteiger partial charge on any atom is -0.389 e. The average molecular weight is 472 g/mol. The summed E-state index contributed by atoms with van der Waals surface area (Å²) in [5.74, 6) is 0. The van der Waals surface area contributed by atoms with Gasteiger partial charge in [0.15, 0.2) is 4.96 Å². The molecule has 0 fully saturated rings. The molecule has 0 spiro atoms. The standard InChI is InChI=1S/C15H11BrN4S2.BrH/c1-8-12(20-6-7-21-15(20)18-8)11-13(17)22-14(19-11)9-2-4-10(16)5-3-9;/h2-7H,17H2,1H3;1H. The average Bonchev–Trinajstić information content (AvgIpc) is 3.15. The quantitative estimate of drug-likeness (QED) is 0.424. The van der Waals surface area contributed by atoms with Crippen molar-refractivity contribution in [3.63, 3.8) is 0 Å². The number of thiazole rings is 2. The molecular formula is C15H12Br2N4S2. The Morgan fingerprint density at radius 1 is 1.17 bits per heavy atom. The first-order chi connectivity index (χ1) is 10.6. The van der Waals surface area contributed by atoms with Crippen LogP contribution >= 0.6 is 55.6 Å². The van der Waals surface area contributed by atoms with E-state index in [0.29, 0.717) is 5.00 Å². The molecule has 4 nitrogen and oxygen atoms in total. The third-order valence-corrected chi connectivity index (χ3v) is 5.62. The smallest absolute Gasteiger partial charge is 0.194 e. The molecule has 0 bridgehead atoms. The van der Waals surface area contributed by atoms with E-state index in [9.17, 15) is 0 Å². The lowest BCUT2D eigenvalue weighted by Crippen LogP contribution is -1.91. The van der Waals surface area contributed by atoms with E-state index < -0.39 is 0 Å². The second-order valence-electron chi connectivity index (χ2n) is 4.84. The number of rotatable bonds is 2. The van der Waals surface area contributed by atoms with E-state index >= 15 is 0 Å². The Kier molecular flexibility index (Phi) is 4.59. The van der Waals surface area contributed by atoms with Crippen molar-refractivity contribution in [2.24, 2.45) is 0 Å². The number of nitrogen functional groups attached to an aromatic ring is 1. The number of aryl methyl sites for hydroxylation is 1. The van der Waals surface area contributed by atoms with Crippen molar-refractivity contribution >= 4 is 65.5 Å². The van der Waals surface area contributed by atoms with E-state index in [2.05, 4.69) is 25.3 Å². The van der Waals surface area contributed by atoms with Crippen LogP contribution in [0, 0.1) is 6.92 Å². The number of anilines is 1. The minimum atomic E-state index is 0. The predicted molar refractivity (Wildman–Crippen MR) is 107 cm³/mol. The lowest BCUT2D eigenvalue weighted by Gasteiger charge is -1.98. The Hall–Kier alpha value is -1.22. The topological polar surface area (TPSA) is 56.2 Å². The maximum atomic E-state index is 6.24. The maximum absolute atomic E-state index is 6.24. The fourth-order valence-electron chi connectivity index (χ4n) is 2.40. The molecule has 0 aliphatic heterocycles. The van der Waals surface area contributed by atoms with E-state index in [1.165, 1.54) is 11.3 Å². The molecule has 8 heteroatoms. The highest BCUT2D eigenvalue weighted by Crippen LogP contribution is 2.38. The van der Waals surface area contributed by atoms with E-state index in [0.717, 1.165) is 37.1 Å². The summed E-state index contributed by atoms with van der Waals surface area (Å²) < 4.78 is 3.10. The normalized spacial score (nSPS) is 10.9. The van der Waals surface area contributed by atoms with Crippen LogP contribution in [-0.4, -0.2) is 14.4 Å². The first-order valence-electron chi connectivity index (χ1n) is 6.58. The van der Waals surface area contributed by atoms with Gasteiger partial charge in [0.2, 0.25) is 0 Å². The van der Waals surface area contributed by atoms with Gasteiger partial charge in [-0.2, -0.15) is 0 Å². The Labute approximate surface area is 159 Å². The van der Waals surface area contributed by atoms with Gasteiger partial charge >= 0.3 is 0 Å². The van der Waals surface area contributed by atoms with Gasteiger partial charge in [-0.3, -0.25) is 4.40 Å². The molecule has 3 heterocycles. The van der Waals surface area contributed by atoms with Crippen LogP contribution in [0.4, 0.5) is 5.00 Å². The lowest BCUT2D eigenvalue weighted by molar-refractivity contribution is 1.20. The summed E-state index contributed by atoms with van der Waals surface area (Å²) in [5.41, 5.74) is 10.0. The van der Waals surface area contributed by atoms with Crippen molar-refractivity contribution in [1.82, 2.24) is 14.4 Å². The van der Waals surface area contributed by atoms with Crippen LogP contribution in [0.2, 0.25) is 0 Å². The first-order valence-corrected chi connectivity index (χ1v) is 9.07. The van der Waals surface area contributed by atoms with Crippen LogP contribution < -0.4 is 5.73 Å². The molecule has 0 atom stereocenters. The molecule has 23 heavy (non-hydrogen) atoms. The van der Waals surface area contributed by atoms with E-state index in [1.807, 2.05) is 42.8 Å². The number of benzene rings is 1. The first kappa shape index (κ1) is 16.6. The summed E-state index contributed by atoms with van der Waals surface area (Å²) in [4.78, 5) is 10.3. The number of nitrogens with two attached hydrogens (primary N) is 1. The molecule has 2 N–H and O–H groups in total. The van der Waals surface area contributed by atoms with Crippen molar-refractivity contribution in [3.8, 4) is 22.0 Å². The molecule has 0 aliphatic carbocycles. The molecule has 1 aromatic carbocycles. The number of aromatic nitrogens is 3. The van der Waals surface area contributed by atoms with Crippen LogP contribution in [0.25, 0.3) is 26.9 Å². The Bertz CT molecular complexity index is 969. The molecular weight excluding hydrogens is 460 g/mol. The zero-order chi connectivity index (χ0) is 15.3. The molecule has 3 aromatic heterocycles. The van der Waals surface area contributed by atoms with Crippen LogP contribution in [0.1, 0.15) is 5.69 Å². The van der Waals surface area contributed by atoms with Gasteiger partial charge in [0, 0.05) is 21.6 Å². The maximum Gasteiger partial charge on any atom is 0.194 e. The summed E-state index contributed by atoms with van der Waals surface area (Å²) in [5, 5.41) is 3.65. The van der Waals surface area contributed by atoms with Crippen LogP contribution in [0.3, 0.4) is 0 Å². The number of fused-ring (bicyclic) bond motifs is 1. The Balaban J connectivity index is 0.00000156. The van der Waals surface area contributed by atoms with Gasteiger partial charge in [-0.1, -0.05) is 39.4 Å². The fourth-order valence-corrected chi connectivity index (χ4v) is 4.26. The van der Waals surface area contributed by atoms with E-state index in [4.69, 9.17) is 10.7 Å². The van der Waals surface area contributed by atoms with Crippen molar-refractivity contribution < 1.29 is 0 Å². The Morgan fingerprint density at radius 3 is 2.65 bits per heavy atom. The van der Waals surface area contributed by atoms with Gasteiger partial charge in [-0.25, -0.2) is 9.97 Å². The number of imidazole rings is 1. The summed E-state index contributed by atoms with van der Waals surface area (Å²) in [6, 6.07) is 8.09. The molecule has 4 rings (SSSR count).